The van der Waals surface area contributed by atoms with Gasteiger partial charge < -0.3 is 4.90 Å². The molecule has 2 nitrogen and oxygen atoms in total. The fraction of sp³-hybridized carbons (Fsp3) is 0.308. The Bertz CT molecular complexity index is 482. The van der Waals surface area contributed by atoms with Crippen LogP contribution in [0.3, 0.4) is 0 Å². The Morgan fingerprint density at radius 1 is 1.35 bits per heavy atom. The maximum atomic E-state index is 5.83. The van der Waals surface area contributed by atoms with Crippen molar-refractivity contribution in [1.29, 1.82) is 0 Å². The van der Waals surface area contributed by atoms with E-state index in [0.29, 0.717) is 5.88 Å². The van der Waals surface area contributed by atoms with E-state index < -0.39 is 0 Å². The predicted molar refractivity (Wildman–Crippen MR) is 75.0 cm³/mol. The van der Waals surface area contributed by atoms with Gasteiger partial charge in [-0.25, -0.2) is 4.98 Å². The molecule has 0 spiro atoms. The molecule has 0 saturated heterocycles. The van der Waals surface area contributed by atoms with Gasteiger partial charge in [0, 0.05) is 25.2 Å². The predicted octanol–water partition coefficient (Wildman–Crippen LogP) is 3.83. The van der Waals surface area contributed by atoms with Gasteiger partial charge in [-0.05, 0) is 40.9 Å². The highest BCUT2D eigenvalue weighted by molar-refractivity contribution is 7.07. The number of hydrogen-bond donors (Lipinski definition) is 0. The summed E-state index contributed by atoms with van der Waals surface area (Å²) < 4.78 is 0. The van der Waals surface area contributed by atoms with Gasteiger partial charge in [0.1, 0.15) is 5.82 Å². The lowest BCUT2D eigenvalue weighted by molar-refractivity contribution is 0.892. The van der Waals surface area contributed by atoms with Crippen molar-refractivity contribution in [3.63, 3.8) is 0 Å². The second kappa shape index (κ2) is 5.52. The van der Waals surface area contributed by atoms with E-state index in [1.165, 1.54) is 5.56 Å². The molecule has 0 aromatic carbocycles. The maximum Gasteiger partial charge on any atom is 0.128 e. The number of hydrogen-bond acceptors (Lipinski definition) is 3. The van der Waals surface area contributed by atoms with Crippen LogP contribution in [0.5, 0.6) is 0 Å². The first-order valence-corrected chi connectivity index (χ1v) is 6.93. The molecular weight excluding hydrogens is 252 g/mol. The zero-order valence-electron chi connectivity index (χ0n) is 9.98. The second-order valence-corrected chi connectivity index (χ2v) is 5.08. The molecule has 2 rings (SSSR count). The molecule has 2 aromatic rings. The molecule has 0 bridgehead atoms. The number of nitrogens with zero attached hydrogens (tertiary/aromatic N) is 2. The number of rotatable bonds is 4. The number of anilines is 1. The van der Waals surface area contributed by atoms with E-state index in [-0.39, 0.29) is 0 Å². The number of halogens is 1. The van der Waals surface area contributed by atoms with E-state index in [0.717, 1.165) is 23.6 Å². The third kappa shape index (κ3) is 2.99. The highest BCUT2D eigenvalue weighted by Crippen LogP contribution is 2.18. The number of pyridine rings is 1. The Kier molecular flexibility index (Phi) is 4.02. The summed E-state index contributed by atoms with van der Waals surface area (Å²) in [6.45, 7) is 2.88. The minimum absolute atomic E-state index is 0.521. The van der Waals surface area contributed by atoms with Crippen LogP contribution in [0.1, 0.15) is 16.8 Å². The molecule has 0 aliphatic carbocycles. The third-order valence-electron chi connectivity index (χ3n) is 2.72. The van der Waals surface area contributed by atoms with Gasteiger partial charge in [0.15, 0.2) is 0 Å². The van der Waals surface area contributed by atoms with Crippen molar-refractivity contribution in [2.24, 2.45) is 0 Å². The van der Waals surface area contributed by atoms with Crippen LogP contribution >= 0.6 is 22.9 Å². The normalized spacial score (nSPS) is 10.5. The molecule has 2 heterocycles. The van der Waals surface area contributed by atoms with Crippen LogP contribution in [-0.4, -0.2) is 12.0 Å². The molecule has 90 valence electrons. The maximum absolute atomic E-state index is 5.83. The zero-order valence-corrected chi connectivity index (χ0v) is 11.6. The molecule has 0 unspecified atom stereocenters. The highest BCUT2D eigenvalue weighted by atomic mass is 35.5. The molecule has 0 saturated carbocycles. The molecule has 0 fully saturated rings. The summed E-state index contributed by atoms with van der Waals surface area (Å²) in [6.07, 6.45) is 0. The summed E-state index contributed by atoms with van der Waals surface area (Å²) in [5.74, 6) is 1.51. The average molecular weight is 267 g/mol. The first-order chi connectivity index (χ1) is 8.20. The first kappa shape index (κ1) is 12.4. The van der Waals surface area contributed by atoms with E-state index in [9.17, 15) is 0 Å². The Hall–Kier alpha value is -1.06. The summed E-state index contributed by atoms with van der Waals surface area (Å²) in [5, 5.41) is 4.26. The zero-order chi connectivity index (χ0) is 12.3. The molecule has 17 heavy (non-hydrogen) atoms. The molecule has 0 radical (unpaired) electrons. The van der Waals surface area contributed by atoms with Crippen LogP contribution in [0.2, 0.25) is 0 Å². The SMILES string of the molecule is Cc1nc(N(C)Cc2ccsc2)ccc1CCl. The summed E-state index contributed by atoms with van der Waals surface area (Å²) in [7, 11) is 2.06. The summed E-state index contributed by atoms with van der Waals surface area (Å²) >= 11 is 7.55. The van der Waals surface area contributed by atoms with Gasteiger partial charge in [-0.1, -0.05) is 6.07 Å². The van der Waals surface area contributed by atoms with Crippen molar-refractivity contribution in [2.45, 2.75) is 19.3 Å². The van der Waals surface area contributed by atoms with Crippen LogP contribution in [0, 0.1) is 6.92 Å². The van der Waals surface area contributed by atoms with Gasteiger partial charge in [0.2, 0.25) is 0 Å². The lowest BCUT2D eigenvalue weighted by Gasteiger charge is -2.18. The number of alkyl halides is 1. The molecule has 4 heteroatoms. The monoisotopic (exact) mass is 266 g/mol. The van der Waals surface area contributed by atoms with E-state index in [1.54, 1.807) is 11.3 Å². The smallest absolute Gasteiger partial charge is 0.128 e. The van der Waals surface area contributed by atoms with Crippen LogP contribution in [0.25, 0.3) is 0 Å². The summed E-state index contributed by atoms with van der Waals surface area (Å²) in [6, 6.07) is 6.22. The Balaban J connectivity index is 2.14. The lowest BCUT2D eigenvalue weighted by atomic mass is 10.2. The van der Waals surface area contributed by atoms with Gasteiger partial charge in [-0.3, -0.25) is 0 Å². The standard InChI is InChI=1S/C13H15ClN2S/c1-10-12(7-14)3-4-13(15-10)16(2)8-11-5-6-17-9-11/h3-6,9H,7-8H2,1-2H3. The third-order valence-corrected chi connectivity index (χ3v) is 3.74. The number of thiophene rings is 1. The summed E-state index contributed by atoms with van der Waals surface area (Å²) in [5.41, 5.74) is 3.42. The van der Waals surface area contributed by atoms with Gasteiger partial charge in [0.25, 0.3) is 0 Å². The minimum atomic E-state index is 0.521. The quantitative estimate of drug-likeness (QED) is 0.782. The molecular formula is C13H15ClN2S. The fourth-order valence-corrected chi connectivity index (χ4v) is 2.61. The van der Waals surface area contributed by atoms with Crippen molar-refractivity contribution in [3.05, 3.63) is 45.8 Å². The van der Waals surface area contributed by atoms with Crippen LogP contribution in [0.15, 0.2) is 29.0 Å². The van der Waals surface area contributed by atoms with Crippen molar-refractivity contribution in [1.82, 2.24) is 4.98 Å². The summed E-state index contributed by atoms with van der Waals surface area (Å²) in [4.78, 5) is 6.72. The second-order valence-electron chi connectivity index (χ2n) is 4.04. The lowest BCUT2D eigenvalue weighted by Crippen LogP contribution is -2.17. The number of aromatic nitrogens is 1. The molecule has 0 aliphatic rings. The van der Waals surface area contributed by atoms with Gasteiger partial charge >= 0.3 is 0 Å². The topological polar surface area (TPSA) is 16.1 Å². The minimum Gasteiger partial charge on any atom is -0.355 e. The van der Waals surface area contributed by atoms with E-state index in [1.807, 2.05) is 13.0 Å². The molecule has 2 aromatic heterocycles. The van der Waals surface area contributed by atoms with E-state index in [2.05, 4.69) is 39.8 Å². The molecule has 0 amide bonds. The molecule has 0 atom stereocenters. The van der Waals surface area contributed by atoms with E-state index >= 15 is 0 Å². The van der Waals surface area contributed by atoms with Crippen molar-refractivity contribution < 1.29 is 0 Å². The van der Waals surface area contributed by atoms with Crippen molar-refractivity contribution >= 4 is 28.8 Å². The fourth-order valence-electron chi connectivity index (χ4n) is 1.67. The first-order valence-electron chi connectivity index (χ1n) is 5.45. The van der Waals surface area contributed by atoms with Crippen LogP contribution in [-0.2, 0) is 12.4 Å². The van der Waals surface area contributed by atoms with Crippen LogP contribution < -0.4 is 4.90 Å². The average Bonchev–Trinajstić information content (AvgIpc) is 2.81. The number of aryl methyl sites for hydroxylation is 1. The van der Waals surface area contributed by atoms with Crippen molar-refractivity contribution in [3.8, 4) is 0 Å². The molecule has 0 aliphatic heterocycles. The Labute approximate surface area is 111 Å². The Morgan fingerprint density at radius 2 is 2.18 bits per heavy atom. The van der Waals surface area contributed by atoms with Gasteiger partial charge in [0.05, 0.1) is 0 Å². The van der Waals surface area contributed by atoms with Gasteiger partial charge in [-0.2, -0.15) is 11.3 Å². The van der Waals surface area contributed by atoms with Crippen LogP contribution in [0.4, 0.5) is 5.82 Å². The Morgan fingerprint density at radius 3 is 2.76 bits per heavy atom. The van der Waals surface area contributed by atoms with Gasteiger partial charge in [-0.15, -0.1) is 11.6 Å². The molecule has 0 N–H and O–H groups in total. The highest BCUT2D eigenvalue weighted by Gasteiger charge is 2.06. The van der Waals surface area contributed by atoms with E-state index in [4.69, 9.17) is 11.6 Å². The van der Waals surface area contributed by atoms with Crippen molar-refractivity contribution in [2.75, 3.05) is 11.9 Å². The largest absolute Gasteiger partial charge is 0.355 e.